The van der Waals surface area contributed by atoms with E-state index in [9.17, 15) is 4.79 Å². The maximum atomic E-state index is 10.2. The molecule has 0 saturated carbocycles. The first-order chi connectivity index (χ1) is 8.18. The summed E-state index contributed by atoms with van der Waals surface area (Å²) in [6, 6.07) is 0. The van der Waals surface area contributed by atoms with E-state index in [2.05, 4.69) is 31.9 Å². The highest BCUT2D eigenvalue weighted by Gasteiger charge is 1.91. The molecule has 104 valence electrons. The summed E-state index contributed by atoms with van der Waals surface area (Å²) in [5, 5.41) is 10.4. The molecule has 3 nitrogen and oxygen atoms in total. The van der Waals surface area contributed by atoms with Crippen molar-refractivity contribution in [1.82, 2.24) is 0 Å². The van der Waals surface area contributed by atoms with Gasteiger partial charge in [-0.3, -0.25) is 4.79 Å². The van der Waals surface area contributed by atoms with Gasteiger partial charge in [0.2, 0.25) is 0 Å². The van der Waals surface area contributed by atoms with Crippen molar-refractivity contribution in [3.63, 3.8) is 0 Å². The van der Waals surface area contributed by atoms with Gasteiger partial charge in [-0.2, -0.15) is 0 Å². The number of rotatable bonds is 9. The number of hydrogen-bond acceptors (Lipinski definition) is 3. The molecule has 0 amide bonds. The largest absolute Gasteiger partial charge is 0.466 e. The SMILES string of the molecule is CC(=O)OCCCCCBr.OCCCCCBr. The van der Waals surface area contributed by atoms with E-state index in [-0.39, 0.29) is 5.97 Å². The quantitative estimate of drug-likeness (QED) is 0.380. The lowest BCUT2D eigenvalue weighted by molar-refractivity contribution is -0.141. The minimum atomic E-state index is -0.182. The van der Waals surface area contributed by atoms with Gasteiger partial charge in [-0.25, -0.2) is 0 Å². The monoisotopic (exact) mass is 374 g/mol. The first kappa shape index (κ1) is 19.7. The lowest BCUT2D eigenvalue weighted by atomic mass is 10.3. The van der Waals surface area contributed by atoms with Gasteiger partial charge in [-0.15, -0.1) is 0 Å². The average molecular weight is 376 g/mol. The predicted molar refractivity (Wildman–Crippen MR) is 79.0 cm³/mol. The molecule has 0 radical (unpaired) electrons. The Bertz CT molecular complexity index is 151. The number of esters is 1. The fraction of sp³-hybridized carbons (Fsp3) is 0.917. The number of alkyl halides is 2. The number of halogens is 2. The van der Waals surface area contributed by atoms with Crippen LogP contribution in [0.1, 0.15) is 45.4 Å². The Labute approximate surface area is 122 Å². The van der Waals surface area contributed by atoms with Crippen LogP contribution in [0.15, 0.2) is 0 Å². The van der Waals surface area contributed by atoms with Gasteiger partial charge < -0.3 is 9.84 Å². The first-order valence-electron chi connectivity index (χ1n) is 6.05. The smallest absolute Gasteiger partial charge is 0.302 e. The Morgan fingerprint density at radius 3 is 1.94 bits per heavy atom. The van der Waals surface area contributed by atoms with Crippen molar-refractivity contribution in [2.24, 2.45) is 0 Å². The number of ether oxygens (including phenoxy) is 1. The second-order valence-corrected chi connectivity index (χ2v) is 5.15. The van der Waals surface area contributed by atoms with Gasteiger partial charge in [0, 0.05) is 24.2 Å². The van der Waals surface area contributed by atoms with E-state index in [1.807, 2.05) is 0 Å². The van der Waals surface area contributed by atoms with E-state index < -0.39 is 0 Å². The number of aliphatic hydroxyl groups is 1. The molecule has 0 atom stereocenters. The molecule has 0 aromatic heterocycles. The van der Waals surface area contributed by atoms with Crippen molar-refractivity contribution < 1.29 is 14.6 Å². The average Bonchev–Trinajstić information content (AvgIpc) is 2.30. The Balaban J connectivity index is 0. The normalized spacial score (nSPS) is 9.41. The van der Waals surface area contributed by atoms with Crippen molar-refractivity contribution >= 4 is 37.8 Å². The summed E-state index contributed by atoms with van der Waals surface area (Å²) in [4.78, 5) is 10.2. The molecule has 17 heavy (non-hydrogen) atoms. The van der Waals surface area contributed by atoms with Gasteiger partial charge in [0.15, 0.2) is 0 Å². The number of carbonyl (C=O) groups is 1. The molecule has 0 saturated heterocycles. The molecule has 0 spiro atoms. The van der Waals surface area contributed by atoms with Crippen molar-refractivity contribution in [3.05, 3.63) is 0 Å². The maximum absolute atomic E-state index is 10.2. The molecule has 0 rings (SSSR count). The van der Waals surface area contributed by atoms with Crippen LogP contribution in [-0.2, 0) is 9.53 Å². The minimum Gasteiger partial charge on any atom is -0.466 e. The van der Waals surface area contributed by atoms with Crippen molar-refractivity contribution in [3.8, 4) is 0 Å². The van der Waals surface area contributed by atoms with Gasteiger partial charge in [-0.1, -0.05) is 38.3 Å². The summed E-state index contributed by atoms with van der Waals surface area (Å²) in [5.74, 6) is -0.182. The highest BCUT2D eigenvalue weighted by atomic mass is 79.9. The predicted octanol–water partition coefficient (Wildman–Crippen LogP) is 3.66. The lowest BCUT2D eigenvalue weighted by Gasteiger charge is -1.99. The molecule has 0 aliphatic heterocycles. The van der Waals surface area contributed by atoms with Crippen molar-refractivity contribution in [2.45, 2.75) is 45.4 Å². The fourth-order valence-corrected chi connectivity index (χ4v) is 1.77. The Kier molecular flexibility index (Phi) is 21.8. The fourth-order valence-electron chi connectivity index (χ4n) is 0.972. The van der Waals surface area contributed by atoms with Crippen LogP contribution in [0.5, 0.6) is 0 Å². The van der Waals surface area contributed by atoms with Gasteiger partial charge in [-0.05, 0) is 32.1 Å². The highest BCUT2D eigenvalue weighted by molar-refractivity contribution is 9.09. The van der Waals surface area contributed by atoms with Gasteiger partial charge in [0.05, 0.1) is 6.61 Å². The third kappa shape index (κ3) is 26.2. The van der Waals surface area contributed by atoms with E-state index in [0.717, 1.165) is 42.8 Å². The number of carbonyl (C=O) groups excluding carboxylic acids is 1. The third-order valence-electron chi connectivity index (χ3n) is 1.88. The van der Waals surface area contributed by atoms with Crippen LogP contribution in [0.4, 0.5) is 0 Å². The van der Waals surface area contributed by atoms with Crippen molar-refractivity contribution in [1.29, 1.82) is 0 Å². The standard InChI is InChI=1S/C7H13BrO2.C5H11BrO/c1-7(9)10-6-4-2-3-5-8;6-4-2-1-3-5-7/h2-6H2,1H3;7H,1-5H2. The van der Waals surface area contributed by atoms with E-state index in [1.165, 1.54) is 13.3 Å². The number of unbranched alkanes of at least 4 members (excludes halogenated alkanes) is 4. The lowest BCUT2D eigenvalue weighted by Crippen LogP contribution is -2.00. The molecular weight excluding hydrogens is 352 g/mol. The molecule has 0 bridgehead atoms. The van der Waals surface area contributed by atoms with Crippen LogP contribution < -0.4 is 0 Å². The highest BCUT2D eigenvalue weighted by Crippen LogP contribution is 1.98. The van der Waals surface area contributed by atoms with Gasteiger partial charge in [0.25, 0.3) is 0 Å². The topological polar surface area (TPSA) is 46.5 Å². The first-order valence-corrected chi connectivity index (χ1v) is 8.29. The molecule has 0 heterocycles. The van der Waals surface area contributed by atoms with Crippen LogP contribution in [-0.4, -0.2) is 34.9 Å². The van der Waals surface area contributed by atoms with Crippen LogP contribution in [0, 0.1) is 0 Å². The summed E-state index contributed by atoms with van der Waals surface area (Å²) in [6.45, 7) is 2.35. The number of hydrogen-bond donors (Lipinski definition) is 1. The van der Waals surface area contributed by atoms with E-state index >= 15 is 0 Å². The second kappa shape index (κ2) is 18.7. The molecule has 0 unspecified atom stereocenters. The second-order valence-electron chi connectivity index (χ2n) is 3.56. The molecule has 0 aliphatic rings. The molecule has 0 aromatic carbocycles. The van der Waals surface area contributed by atoms with E-state index in [0.29, 0.717) is 13.2 Å². The van der Waals surface area contributed by atoms with Gasteiger partial charge in [0.1, 0.15) is 0 Å². The molecule has 0 fully saturated rings. The number of aliphatic hydroxyl groups excluding tert-OH is 1. The molecular formula is C12H24Br2O3. The zero-order valence-corrected chi connectivity index (χ0v) is 13.8. The molecule has 5 heteroatoms. The maximum Gasteiger partial charge on any atom is 0.302 e. The Morgan fingerprint density at radius 1 is 1.00 bits per heavy atom. The van der Waals surface area contributed by atoms with E-state index in [1.54, 1.807) is 0 Å². The van der Waals surface area contributed by atoms with Crippen molar-refractivity contribution in [2.75, 3.05) is 23.9 Å². The van der Waals surface area contributed by atoms with Crippen LogP contribution in [0.2, 0.25) is 0 Å². The summed E-state index contributed by atoms with van der Waals surface area (Å²) in [7, 11) is 0. The van der Waals surface area contributed by atoms with Gasteiger partial charge >= 0.3 is 5.97 Å². The molecule has 0 aromatic rings. The van der Waals surface area contributed by atoms with Crippen LogP contribution >= 0.6 is 31.9 Å². The zero-order valence-electron chi connectivity index (χ0n) is 10.6. The van der Waals surface area contributed by atoms with E-state index in [4.69, 9.17) is 9.84 Å². The summed E-state index contributed by atoms with van der Waals surface area (Å²) in [5.41, 5.74) is 0. The molecule has 1 N–H and O–H groups in total. The summed E-state index contributed by atoms with van der Waals surface area (Å²) >= 11 is 6.62. The van der Waals surface area contributed by atoms with Crippen LogP contribution in [0.25, 0.3) is 0 Å². The molecule has 0 aliphatic carbocycles. The Morgan fingerprint density at radius 2 is 1.53 bits per heavy atom. The summed E-state index contributed by atoms with van der Waals surface area (Å²) < 4.78 is 4.73. The minimum absolute atomic E-state index is 0.182. The zero-order chi connectivity index (χ0) is 13.4. The summed E-state index contributed by atoms with van der Waals surface area (Å²) in [6.07, 6.45) is 6.53. The third-order valence-corrected chi connectivity index (χ3v) is 3.00. The Hall–Kier alpha value is 0.390. The van der Waals surface area contributed by atoms with Crippen LogP contribution in [0.3, 0.4) is 0 Å².